The monoisotopic (exact) mass is 395 g/mol. The lowest BCUT2D eigenvalue weighted by atomic mass is 9.85. The Morgan fingerprint density at radius 3 is 2.62 bits per heavy atom. The number of carbonyl (C=O) groups excluding carboxylic acids is 4. The molecule has 7 nitrogen and oxygen atoms in total. The number of nitrogens with zero attached hydrogens (tertiary/aromatic N) is 2. The maximum Gasteiger partial charge on any atom is 0.334 e. The number of aryl methyl sites for hydroxylation is 1. The number of imide groups is 2. The first-order valence-electron chi connectivity index (χ1n) is 10.2. The molecule has 2 aliphatic rings. The van der Waals surface area contributed by atoms with Gasteiger partial charge >= 0.3 is 17.8 Å². The van der Waals surface area contributed by atoms with E-state index in [4.69, 9.17) is 0 Å². The second kappa shape index (κ2) is 7.46. The van der Waals surface area contributed by atoms with E-state index in [-0.39, 0.29) is 17.7 Å². The molecule has 0 radical (unpaired) electrons. The molecule has 2 atom stereocenters. The molecule has 2 heterocycles. The number of ketones is 1. The topological polar surface area (TPSA) is 90.6 Å². The van der Waals surface area contributed by atoms with Crippen LogP contribution in [-0.4, -0.2) is 51.0 Å². The predicted molar refractivity (Wildman–Crippen MR) is 107 cm³/mol. The minimum Gasteiger partial charge on any atom is -0.360 e. The van der Waals surface area contributed by atoms with Gasteiger partial charge in [-0.1, -0.05) is 44.9 Å². The molecule has 1 aromatic heterocycles. The van der Waals surface area contributed by atoms with Crippen molar-refractivity contribution in [2.24, 2.45) is 5.92 Å². The van der Waals surface area contributed by atoms with Crippen molar-refractivity contribution in [1.82, 2.24) is 14.8 Å². The third kappa shape index (κ3) is 3.14. The predicted octanol–water partition coefficient (Wildman–Crippen LogP) is 3.28. The molecule has 0 unspecified atom stereocenters. The summed E-state index contributed by atoms with van der Waals surface area (Å²) in [5.41, 5.74) is 2.39. The van der Waals surface area contributed by atoms with E-state index >= 15 is 0 Å². The summed E-state index contributed by atoms with van der Waals surface area (Å²) in [4.78, 5) is 55.9. The van der Waals surface area contributed by atoms with E-state index in [1.54, 1.807) is 6.20 Å². The summed E-state index contributed by atoms with van der Waals surface area (Å²) in [6.07, 6.45) is 6.04. The van der Waals surface area contributed by atoms with Crippen LogP contribution >= 0.6 is 0 Å². The number of nitrogens with one attached hydrogen (secondary N) is 1. The number of aromatic amines is 1. The first-order chi connectivity index (χ1) is 13.9. The highest BCUT2D eigenvalue weighted by atomic mass is 16.2. The Morgan fingerprint density at radius 1 is 1.14 bits per heavy atom. The molecule has 1 aliphatic heterocycles. The van der Waals surface area contributed by atoms with Gasteiger partial charge in [0.2, 0.25) is 0 Å². The van der Waals surface area contributed by atoms with Gasteiger partial charge in [0.05, 0.1) is 6.54 Å². The zero-order valence-corrected chi connectivity index (χ0v) is 16.7. The van der Waals surface area contributed by atoms with Crippen LogP contribution in [-0.2, 0) is 16.0 Å². The molecule has 1 aromatic carbocycles. The van der Waals surface area contributed by atoms with Gasteiger partial charge in [-0.05, 0) is 30.7 Å². The van der Waals surface area contributed by atoms with Crippen molar-refractivity contribution >= 4 is 34.5 Å². The summed E-state index contributed by atoms with van der Waals surface area (Å²) in [6, 6.07) is 4.78. The van der Waals surface area contributed by atoms with Crippen molar-refractivity contribution < 1.29 is 19.2 Å². The van der Waals surface area contributed by atoms with Crippen molar-refractivity contribution in [3.63, 3.8) is 0 Å². The van der Waals surface area contributed by atoms with Gasteiger partial charge in [0.1, 0.15) is 0 Å². The van der Waals surface area contributed by atoms with Crippen LogP contribution in [0, 0.1) is 5.92 Å². The largest absolute Gasteiger partial charge is 0.360 e. The number of urea groups is 1. The molecule has 7 heteroatoms. The maximum absolute atomic E-state index is 12.9. The van der Waals surface area contributed by atoms with E-state index in [0.29, 0.717) is 12.0 Å². The number of H-pyrrole nitrogens is 1. The number of amides is 4. The number of benzene rings is 1. The zero-order valence-electron chi connectivity index (χ0n) is 16.7. The van der Waals surface area contributed by atoms with Gasteiger partial charge in [0, 0.05) is 28.7 Å². The molecule has 2 fully saturated rings. The van der Waals surface area contributed by atoms with Crippen molar-refractivity contribution in [3.8, 4) is 0 Å². The standard InChI is InChI=1S/C22H25N3O4/c1-3-14-8-6-9-15-16(11-23-19(14)15)18(26)12-24-20(27)21(28)25(22(24)29)17-10-5-4-7-13(17)2/h6,8-9,11,13,17,23H,3-5,7,10,12H2,1-2H3/t13-,17-/m1/s1. The number of fused-ring (bicyclic) bond motifs is 1. The summed E-state index contributed by atoms with van der Waals surface area (Å²) < 4.78 is 0. The Bertz CT molecular complexity index is 1010. The molecule has 29 heavy (non-hydrogen) atoms. The fraction of sp³-hybridized carbons (Fsp3) is 0.455. The van der Waals surface area contributed by atoms with Gasteiger partial charge < -0.3 is 4.98 Å². The third-order valence-electron chi connectivity index (χ3n) is 6.27. The molecular weight excluding hydrogens is 370 g/mol. The molecule has 1 N–H and O–H groups in total. The highest BCUT2D eigenvalue weighted by Gasteiger charge is 2.49. The van der Waals surface area contributed by atoms with Gasteiger partial charge in [-0.2, -0.15) is 0 Å². The van der Waals surface area contributed by atoms with Gasteiger partial charge in [-0.3, -0.25) is 19.3 Å². The average Bonchev–Trinajstić information content (AvgIpc) is 3.24. The number of hydrogen-bond acceptors (Lipinski definition) is 4. The second-order valence-electron chi connectivity index (χ2n) is 8.00. The van der Waals surface area contributed by atoms with E-state index in [9.17, 15) is 19.2 Å². The first kappa shape index (κ1) is 19.4. The highest BCUT2D eigenvalue weighted by Crippen LogP contribution is 2.31. The van der Waals surface area contributed by atoms with E-state index < -0.39 is 24.4 Å². The summed E-state index contributed by atoms with van der Waals surface area (Å²) in [7, 11) is 0. The molecule has 4 amide bonds. The van der Waals surface area contributed by atoms with E-state index in [2.05, 4.69) is 4.98 Å². The fourth-order valence-corrected chi connectivity index (χ4v) is 4.61. The van der Waals surface area contributed by atoms with Crippen molar-refractivity contribution in [2.75, 3.05) is 6.54 Å². The lowest BCUT2D eigenvalue weighted by Gasteiger charge is -2.34. The maximum atomic E-state index is 12.9. The van der Waals surface area contributed by atoms with Gasteiger partial charge in [0.15, 0.2) is 5.78 Å². The summed E-state index contributed by atoms with van der Waals surface area (Å²) >= 11 is 0. The number of carbonyl (C=O) groups is 4. The van der Waals surface area contributed by atoms with Crippen LogP contribution in [0.2, 0.25) is 0 Å². The number of aromatic nitrogens is 1. The molecule has 152 valence electrons. The zero-order chi connectivity index (χ0) is 20.7. The summed E-state index contributed by atoms with van der Waals surface area (Å²) in [6.45, 7) is 3.61. The Kier molecular flexibility index (Phi) is 4.98. The number of hydrogen-bond donors (Lipinski definition) is 1. The Labute approximate surface area is 169 Å². The molecule has 1 aliphatic carbocycles. The van der Waals surface area contributed by atoms with Crippen molar-refractivity contribution in [1.29, 1.82) is 0 Å². The lowest BCUT2D eigenvalue weighted by Crippen LogP contribution is -2.46. The van der Waals surface area contributed by atoms with Gasteiger partial charge in [-0.15, -0.1) is 0 Å². The van der Waals surface area contributed by atoms with Crippen molar-refractivity contribution in [3.05, 3.63) is 35.5 Å². The van der Waals surface area contributed by atoms with Crippen LogP contribution < -0.4 is 0 Å². The third-order valence-corrected chi connectivity index (χ3v) is 6.27. The van der Waals surface area contributed by atoms with Crippen LogP contribution in [0.5, 0.6) is 0 Å². The quantitative estimate of drug-likeness (QED) is 0.478. The fourth-order valence-electron chi connectivity index (χ4n) is 4.61. The molecule has 1 saturated heterocycles. The molecular formula is C22H25N3O4. The number of Topliss-reactive ketones (excluding diaryl/α,β-unsaturated/α-hetero) is 1. The first-order valence-corrected chi connectivity index (χ1v) is 10.2. The van der Waals surface area contributed by atoms with E-state index in [0.717, 1.165) is 51.9 Å². The number of para-hydroxylation sites is 1. The summed E-state index contributed by atoms with van der Waals surface area (Å²) in [5.74, 6) is -1.93. The van der Waals surface area contributed by atoms with Gasteiger partial charge in [-0.25, -0.2) is 9.69 Å². The molecule has 1 saturated carbocycles. The van der Waals surface area contributed by atoms with E-state index in [1.807, 2.05) is 32.0 Å². The second-order valence-corrected chi connectivity index (χ2v) is 8.00. The molecule has 0 spiro atoms. The Hall–Kier alpha value is -2.96. The normalized spacial score (nSPS) is 22.8. The summed E-state index contributed by atoms with van der Waals surface area (Å²) in [5, 5.41) is 0.762. The van der Waals surface area contributed by atoms with Crippen LogP contribution in [0.25, 0.3) is 10.9 Å². The number of rotatable bonds is 5. The molecule has 2 aromatic rings. The van der Waals surface area contributed by atoms with Crippen molar-refractivity contribution in [2.45, 2.75) is 52.0 Å². The van der Waals surface area contributed by atoms with Crippen LogP contribution in [0.15, 0.2) is 24.4 Å². The molecule has 4 rings (SSSR count). The van der Waals surface area contributed by atoms with Crippen LogP contribution in [0.1, 0.15) is 55.5 Å². The minimum atomic E-state index is -0.907. The van der Waals surface area contributed by atoms with Crippen LogP contribution in [0.3, 0.4) is 0 Å². The van der Waals surface area contributed by atoms with Gasteiger partial charge in [0.25, 0.3) is 0 Å². The lowest BCUT2D eigenvalue weighted by molar-refractivity contribution is -0.144. The smallest absolute Gasteiger partial charge is 0.334 e. The molecule has 0 bridgehead atoms. The minimum absolute atomic E-state index is 0.154. The highest BCUT2D eigenvalue weighted by molar-refractivity contribution is 6.45. The SMILES string of the molecule is CCc1cccc2c(C(=O)CN3C(=O)C(=O)N([C@@H]4CCCC[C@H]4C)C3=O)c[nH]c12. The Balaban J connectivity index is 1.58. The Morgan fingerprint density at radius 2 is 1.90 bits per heavy atom. The van der Waals surface area contributed by atoms with E-state index in [1.165, 1.54) is 0 Å². The average molecular weight is 395 g/mol. The van der Waals surface area contributed by atoms with Crippen LogP contribution in [0.4, 0.5) is 4.79 Å².